The van der Waals surface area contributed by atoms with E-state index < -0.39 is 10.0 Å². The zero-order valence-electron chi connectivity index (χ0n) is 14.2. The van der Waals surface area contributed by atoms with Gasteiger partial charge in [-0.05, 0) is 31.9 Å². The standard InChI is InChI=1S/C17H26N2O4S/c1-15-6-8-16(9-7-15)24(21,22)18-10-4-2-3-5-17(20)19-11-13-23-14-12-19/h6-9,18H,2-5,10-14H2,1H3. The molecule has 0 atom stereocenters. The van der Waals surface area contributed by atoms with E-state index in [4.69, 9.17) is 4.74 Å². The molecule has 1 fully saturated rings. The molecule has 1 aromatic rings. The summed E-state index contributed by atoms with van der Waals surface area (Å²) in [6.07, 6.45) is 2.85. The van der Waals surface area contributed by atoms with Crippen LogP contribution in [0.4, 0.5) is 0 Å². The van der Waals surface area contributed by atoms with Crippen molar-refractivity contribution < 1.29 is 17.9 Å². The molecule has 1 heterocycles. The Morgan fingerprint density at radius 3 is 2.46 bits per heavy atom. The number of hydrogen-bond acceptors (Lipinski definition) is 4. The van der Waals surface area contributed by atoms with Gasteiger partial charge in [0.05, 0.1) is 18.1 Å². The van der Waals surface area contributed by atoms with Gasteiger partial charge in [0.15, 0.2) is 0 Å². The van der Waals surface area contributed by atoms with E-state index in [1.165, 1.54) is 0 Å². The number of ether oxygens (including phenoxy) is 1. The van der Waals surface area contributed by atoms with Crippen molar-refractivity contribution >= 4 is 15.9 Å². The first-order chi connectivity index (χ1) is 11.5. The van der Waals surface area contributed by atoms with Crippen LogP contribution >= 0.6 is 0 Å². The molecule has 1 amide bonds. The fourth-order valence-electron chi connectivity index (χ4n) is 2.56. The molecule has 0 aromatic heterocycles. The Morgan fingerprint density at radius 1 is 1.12 bits per heavy atom. The van der Waals surface area contributed by atoms with Gasteiger partial charge in [0.2, 0.25) is 15.9 Å². The summed E-state index contributed by atoms with van der Waals surface area (Å²) < 4.78 is 32.0. The fourth-order valence-corrected chi connectivity index (χ4v) is 3.63. The van der Waals surface area contributed by atoms with Crippen LogP contribution in [0.1, 0.15) is 31.2 Å². The van der Waals surface area contributed by atoms with E-state index >= 15 is 0 Å². The van der Waals surface area contributed by atoms with E-state index in [9.17, 15) is 13.2 Å². The Balaban J connectivity index is 1.62. The molecule has 1 N–H and O–H groups in total. The van der Waals surface area contributed by atoms with E-state index in [1.807, 2.05) is 11.8 Å². The molecule has 1 saturated heterocycles. The van der Waals surface area contributed by atoms with Crippen LogP contribution in [0.15, 0.2) is 29.2 Å². The van der Waals surface area contributed by atoms with Gasteiger partial charge in [-0.2, -0.15) is 0 Å². The average Bonchev–Trinajstić information content (AvgIpc) is 2.59. The van der Waals surface area contributed by atoms with Crippen molar-refractivity contribution in [3.63, 3.8) is 0 Å². The molecule has 0 radical (unpaired) electrons. The van der Waals surface area contributed by atoms with Crippen LogP contribution in [0.5, 0.6) is 0 Å². The molecule has 0 aliphatic carbocycles. The number of nitrogens with zero attached hydrogens (tertiary/aromatic N) is 1. The minimum absolute atomic E-state index is 0.165. The van der Waals surface area contributed by atoms with Crippen LogP contribution in [0.3, 0.4) is 0 Å². The van der Waals surface area contributed by atoms with Crippen LogP contribution in [0.2, 0.25) is 0 Å². The van der Waals surface area contributed by atoms with Crippen molar-refractivity contribution in [3.05, 3.63) is 29.8 Å². The quantitative estimate of drug-likeness (QED) is 0.721. The zero-order valence-corrected chi connectivity index (χ0v) is 15.0. The molecule has 2 rings (SSSR count). The fraction of sp³-hybridized carbons (Fsp3) is 0.588. The summed E-state index contributed by atoms with van der Waals surface area (Å²) in [5.41, 5.74) is 1.03. The minimum atomic E-state index is -3.44. The number of nitrogens with one attached hydrogen (secondary N) is 1. The normalized spacial score (nSPS) is 15.5. The summed E-state index contributed by atoms with van der Waals surface area (Å²) in [5, 5.41) is 0. The highest BCUT2D eigenvalue weighted by molar-refractivity contribution is 7.89. The molecule has 0 saturated carbocycles. The number of hydrogen-bond donors (Lipinski definition) is 1. The second kappa shape index (κ2) is 9.15. The maximum Gasteiger partial charge on any atom is 0.240 e. The molecular weight excluding hydrogens is 328 g/mol. The molecule has 1 aliphatic heterocycles. The van der Waals surface area contributed by atoms with Gasteiger partial charge < -0.3 is 9.64 Å². The Labute approximate surface area is 144 Å². The van der Waals surface area contributed by atoms with Crippen molar-refractivity contribution in [2.45, 2.75) is 37.5 Å². The highest BCUT2D eigenvalue weighted by Crippen LogP contribution is 2.10. The Kier molecular flexibility index (Phi) is 7.20. The molecule has 134 valence electrons. The van der Waals surface area contributed by atoms with Crippen molar-refractivity contribution in [1.82, 2.24) is 9.62 Å². The third kappa shape index (κ3) is 5.89. The van der Waals surface area contributed by atoms with Gasteiger partial charge in [0.25, 0.3) is 0 Å². The van der Waals surface area contributed by atoms with Crippen LogP contribution in [-0.2, 0) is 19.6 Å². The molecule has 1 aromatic carbocycles. The van der Waals surface area contributed by atoms with Gasteiger partial charge in [0, 0.05) is 26.1 Å². The van der Waals surface area contributed by atoms with Gasteiger partial charge >= 0.3 is 0 Å². The van der Waals surface area contributed by atoms with Crippen LogP contribution in [0.25, 0.3) is 0 Å². The second-order valence-electron chi connectivity index (χ2n) is 6.01. The van der Waals surface area contributed by atoms with Gasteiger partial charge in [-0.3, -0.25) is 4.79 Å². The van der Waals surface area contributed by atoms with E-state index in [-0.39, 0.29) is 10.8 Å². The molecule has 7 heteroatoms. The number of morpholine rings is 1. The summed E-state index contributed by atoms with van der Waals surface area (Å²) in [7, 11) is -3.44. The van der Waals surface area contributed by atoms with Crippen LogP contribution < -0.4 is 4.72 Å². The Morgan fingerprint density at radius 2 is 1.79 bits per heavy atom. The number of unbranched alkanes of at least 4 members (excludes halogenated alkanes) is 2. The van der Waals surface area contributed by atoms with E-state index in [0.29, 0.717) is 39.3 Å². The molecule has 24 heavy (non-hydrogen) atoms. The summed E-state index contributed by atoms with van der Waals surface area (Å²) in [5.74, 6) is 0.165. The monoisotopic (exact) mass is 354 g/mol. The third-order valence-corrected chi connectivity index (χ3v) is 5.53. The summed E-state index contributed by atoms with van der Waals surface area (Å²) in [4.78, 5) is 14.1. The third-order valence-electron chi connectivity index (χ3n) is 4.05. The maximum atomic E-state index is 12.1. The second-order valence-corrected chi connectivity index (χ2v) is 7.78. The van der Waals surface area contributed by atoms with E-state index in [2.05, 4.69) is 4.72 Å². The van der Waals surface area contributed by atoms with Gasteiger partial charge in [-0.15, -0.1) is 0 Å². The smallest absolute Gasteiger partial charge is 0.240 e. The van der Waals surface area contributed by atoms with Crippen molar-refractivity contribution in [2.24, 2.45) is 0 Å². The topological polar surface area (TPSA) is 75.7 Å². The lowest BCUT2D eigenvalue weighted by Gasteiger charge is -2.26. The predicted octanol–water partition coefficient (Wildman–Crippen LogP) is 1.69. The van der Waals surface area contributed by atoms with Crippen molar-refractivity contribution in [1.29, 1.82) is 0 Å². The Bertz CT molecular complexity index is 622. The lowest BCUT2D eigenvalue weighted by atomic mass is 10.2. The number of carbonyl (C=O) groups excluding carboxylic acids is 1. The summed E-state index contributed by atoms with van der Waals surface area (Å²) >= 11 is 0. The number of amides is 1. The van der Waals surface area contributed by atoms with Gasteiger partial charge in [-0.1, -0.05) is 24.1 Å². The summed E-state index contributed by atoms with van der Waals surface area (Å²) in [6.45, 7) is 4.90. The predicted molar refractivity (Wildman–Crippen MR) is 92.2 cm³/mol. The lowest BCUT2D eigenvalue weighted by molar-refractivity contribution is -0.135. The molecule has 0 spiro atoms. The first kappa shape index (κ1) is 18.9. The molecule has 6 nitrogen and oxygen atoms in total. The molecule has 1 aliphatic rings. The average molecular weight is 354 g/mol. The molecular formula is C17H26N2O4S. The van der Waals surface area contributed by atoms with E-state index in [0.717, 1.165) is 24.8 Å². The van der Waals surface area contributed by atoms with Crippen molar-refractivity contribution in [2.75, 3.05) is 32.8 Å². The first-order valence-electron chi connectivity index (χ1n) is 8.41. The number of aryl methyl sites for hydroxylation is 1. The molecule has 0 unspecified atom stereocenters. The van der Waals surface area contributed by atoms with Crippen molar-refractivity contribution in [3.8, 4) is 0 Å². The van der Waals surface area contributed by atoms with Gasteiger partial charge in [-0.25, -0.2) is 13.1 Å². The van der Waals surface area contributed by atoms with Gasteiger partial charge in [0.1, 0.15) is 0 Å². The van der Waals surface area contributed by atoms with E-state index in [1.54, 1.807) is 24.3 Å². The number of rotatable bonds is 8. The van der Waals surface area contributed by atoms with Crippen LogP contribution in [0, 0.1) is 6.92 Å². The zero-order chi connectivity index (χ0) is 17.4. The first-order valence-corrected chi connectivity index (χ1v) is 9.89. The maximum absolute atomic E-state index is 12.1. The number of sulfonamides is 1. The summed E-state index contributed by atoms with van der Waals surface area (Å²) in [6, 6.07) is 6.79. The number of carbonyl (C=O) groups is 1. The Hall–Kier alpha value is -1.44. The minimum Gasteiger partial charge on any atom is -0.378 e. The highest BCUT2D eigenvalue weighted by atomic mass is 32.2. The van der Waals surface area contributed by atoms with Crippen LogP contribution in [-0.4, -0.2) is 52.1 Å². The number of benzene rings is 1. The largest absolute Gasteiger partial charge is 0.378 e. The SMILES string of the molecule is Cc1ccc(S(=O)(=O)NCCCCCC(=O)N2CCOCC2)cc1. The highest BCUT2D eigenvalue weighted by Gasteiger charge is 2.16. The molecule has 0 bridgehead atoms. The lowest BCUT2D eigenvalue weighted by Crippen LogP contribution is -2.40.